The van der Waals surface area contributed by atoms with Crippen LogP contribution in [0, 0.1) is 0 Å². The minimum atomic E-state index is -0.439. The van der Waals surface area contributed by atoms with Crippen LogP contribution >= 0.6 is 11.3 Å². The highest BCUT2D eigenvalue weighted by molar-refractivity contribution is 7.26. The zero-order chi connectivity index (χ0) is 48.0. The van der Waals surface area contributed by atoms with Crippen molar-refractivity contribution in [1.82, 2.24) is 0 Å². The fraction of sp³-hybridized carbons (Fsp3) is 0.0141. The van der Waals surface area contributed by atoms with Crippen molar-refractivity contribution in [3.8, 4) is 66.8 Å². The number of thiophene rings is 1. The quantitative estimate of drug-likeness (QED) is 0.154. The Labute approximate surface area is 429 Å². The topological polar surface area (TPSA) is 3.24 Å². The first kappa shape index (κ1) is 41.7. The maximum atomic E-state index is 2.54. The smallest absolute Gasteiger partial charge is 0.0726 e. The Bertz CT molecular complexity index is 4250. The van der Waals surface area contributed by atoms with Crippen molar-refractivity contribution in [3.63, 3.8) is 0 Å². The molecular weight excluding hydrogens is 899 g/mol. The molecule has 0 bridgehead atoms. The summed E-state index contributed by atoms with van der Waals surface area (Å²) >= 11 is 1.87. The first-order chi connectivity index (χ1) is 36.2. The van der Waals surface area contributed by atoms with Crippen LogP contribution in [0.25, 0.3) is 97.7 Å². The van der Waals surface area contributed by atoms with Crippen molar-refractivity contribution < 1.29 is 0 Å². The summed E-state index contributed by atoms with van der Waals surface area (Å²) in [5.41, 5.74) is 23.2. The van der Waals surface area contributed by atoms with Crippen LogP contribution in [0.15, 0.2) is 273 Å². The molecule has 1 spiro atoms. The van der Waals surface area contributed by atoms with E-state index in [1.807, 2.05) is 11.3 Å². The summed E-state index contributed by atoms with van der Waals surface area (Å²) in [5, 5.41) is 5.09. The lowest BCUT2D eigenvalue weighted by Crippen LogP contribution is -2.26. The van der Waals surface area contributed by atoms with Crippen LogP contribution in [0.4, 0.5) is 17.1 Å². The molecule has 0 saturated heterocycles. The fourth-order valence-corrected chi connectivity index (χ4v) is 13.5. The number of rotatable bonds is 7. The molecule has 340 valence electrons. The maximum absolute atomic E-state index is 2.54. The summed E-state index contributed by atoms with van der Waals surface area (Å²) in [7, 11) is 0. The van der Waals surface area contributed by atoms with Gasteiger partial charge in [0.25, 0.3) is 0 Å². The molecule has 0 amide bonds. The van der Waals surface area contributed by atoms with Crippen LogP contribution in [0.5, 0.6) is 0 Å². The van der Waals surface area contributed by atoms with E-state index in [1.165, 1.54) is 131 Å². The Kier molecular flexibility index (Phi) is 9.42. The van der Waals surface area contributed by atoms with E-state index in [-0.39, 0.29) is 0 Å². The summed E-state index contributed by atoms with van der Waals surface area (Å²) in [6.45, 7) is 0. The molecule has 15 rings (SSSR count). The highest BCUT2D eigenvalue weighted by Gasteiger charge is 2.52. The number of nitrogens with zero attached hydrogens (tertiary/aromatic N) is 1. The molecule has 13 aromatic rings. The van der Waals surface area contributed by atoms with Crippen molar-refractivity contribution in [2.45, 2.75) is 5.41 Å². The van der Waals surface area contributed by atoms with Gasteiger partial charge in [-0.2, -0.15) is 0 Å². The molecule has 1 aromatic heterocycles. The van der Waals surface area contributed by atoms with Gasteiger partial charge in [0.2, 0.25) is 0 Å². The van der Waals surface area contributed by atoms with E-state index in [4.69, 9.17) is 0 Å². The van der Waals surface area contributed by atoms with Gasteiger partial charge in [0.15, 0.2) is 0 Å². The van der Waals surface area contributed by atoms with E-state index < -0.39 is 5.41 Å². The Hall–Kier alpha value is -9.08. The predicted molar refractivity (Wildman–Crippen MR) is 310 cm³/mol. The SMILES string of the molecule is c1ccc2c(c1)-c1ccccc1C21c2ccccc2-c2c(N(c3ccc(-c4ccc(-c5ccc(-c6ccc(-c7ccc8ccccc8c7)cc6)cc5)cc4)cc3)c3cccc4sc5ccccc5c34)cccc21. The van der Waals surface area contributed by atoms with E-state index in [1.54, 1.807) is 0 Å². The van der Waals surface area contributed by atoms with Gasteiger partial charge in [-0.3, -0.25) is 0 Å². The molecule has 0 radical (unpaired) electrons. The van der Waals surface area contributed by atoms with Crippen molar-refractivity contribution in [1.29, 1.82) is 0 Å². The molecule has 73 heavy (non-hydrogen) atoms. The fourth-order valence-electron chi connectivity index (χ4n) is 12.4. The lowest BCUT2D eigenvalue weighted by molar-refractivity contribution is 0.794. The highest BCUT2D eigenvalue weighted by atomic mass is 32.1. The number of anilines is 3. The van der Waals surface area contributed by atoms with Crippen LogP contribution in [0.2, 0.25) is 0 Å². The Morgan fingerprint density at radius 2 is 0.712 bits per heavy atom. The second-order valence-electron chi connectivity index (χ2n) is 19.5. The summed E-state index contributed by atoms with van der Waals surface area (Å²) in [5.74, 6) is 0. The van der Waals surface area contributed by atoms with Gasteiger partial charge in [-0.05, 0) is 137 Å². The van der Waals surface area contributed by atoms with E-state index in [0.717, 1.165) is 5.69 Å². The molecule has 0 N–H and O–H groups in total. The molecule has 1 heterocycles. The minimum absolute atomic E-state index is 0.439. The lowest BCUT2D eigenvalue weighted by Gasteiger charge is -2.32. The van der Waals surface area contributed by atoms with Crippen LogP contribution in [0.1, 0.15) is 22.3 Å². The maximum Gasteiger partial charge on any atom is 0.0726 e. The van der Waals surface area contributed by atoms with Crippen molar-refractivity contribution >= 4 is 59.3 Å². The van der Waals surface area contributed by atoms with Crippen molar-refractivity contribution in [2.75, 3.05) is 4.90 Å². The predicted octanol–water partition coefficient (Wildman–Crippen LogP) is 19.7. The van der Waals surface area contributed by atoms with Crippen LogP contribution in [-0.4, -0.2) is 0 Å². The van der Waals surface area contributed by atoms with Gasteiger partial charge in [0.05, 0.1) is 16.8 Å². The van der Waals surface area contributed by atoms with Gasteiger partial charge in [-0.1, -0.05) is 231 Å². The standard InChI is InChI=1S/C71H45NS/c1-2-14-54-45-55(40-39-46(54)13-1)53-37-35-50(36-38-53)49-29-27-47(28-30-49)48-31-33-51(34-32-48)52-41-43-56(44-42-52)72(66-24-12-26-68-70(66)60-18-6-10-25-67(60)73-68)65-23-11-22-64-69(65)59-17-5-9-21-63(59)71(64)61-19-7-3-15-57(61)58-16-4-8-20-62(58)71/h1-45H. The molecule has 0 fully saturated rings. The molecule has 2 heteroatoms. The summed E-state index contributed by atoms with van der Waals surface area (Å²) < 4.78 is 2.58. The average molecular weight is 944 g/mol. The third kappa shape index (κ3) is 6.41. The third-order valence-electron chi connectivity index (χ3n) is 15.7. The molecule has 12 aromatic carbocycles. The van der Waals surface area contributed by atoms with Crippen LogP contribution in [0.3, 0.4) is 0 Å². The van der Waals surface area contributed by atoms with E-state index >= 15 is 0 Å². The average Bonchev–Trinajstić information content (AvgIpc) is 4.11. The number of hydrogen-bond acceptors (Lipinski definition) is 2. The minimum Gasteiger partial charge on any atom is -0.309 e. The van der Waals surface area contributed by atoms with E-state index in [9.17, 15) is 0 Å². The summed E-state index contributed by atoms with van der Waals surface area (Å²) in [6, 6.07) is 101. The van der Waals surface area contributed by atoms with Gasteiger partial charge >= 0.3 is 0 Å². The zero-order valence-corrected chi connectivity index (χ0v) is 40.7. The molecule has 0 atom stereocenters. The first-order valence-electron chi connectivity index (χ1n) is 25.2. The lowest BCUT2D eigenvalue weighted by atomic mass is 9.70. The molecule has 0 aliphatic heterocycles. The van der Waals surface area contributed by atoms with Gasteiger partial charge in [0.1, 0.15) is 0 Å². The molecule has 2 aliphatic carbocycles. The second kappa shape index (κ2) is 16.5. The number of benzene rings is 12. The van der Waals surface area contributed by atoms with E-state index in [0.29, 0.717) is 0 Å². The van der Waals surface area contributed by atoms with E-state index in [2.05, 4.69) is 278 Å². The molecule has 0 unspecified atom stereocenters. The summed E-state index contributed by atoms with van der Waals surface area (Å²) in [4.78, 5) is 2.54. The monoisotopic (exact) mass is 943 g/mol. The van der Waals surface area contributed by atoms with Crippen LogP contribution < -0.4 is 4.90 Å². The van der Waals surface area contributed by atoms with Gasteiger partial charge in [0, 0.05) is 31.4 Å². The Morgan fingerprint density at radius 3 is 1.33 bits per heavy atom. The number of fused-ring (bicyclic) bond motifs is 14. The number of hydrogen-bond donors (Lipinski definition) is 0. The highest BCUT2D eigenvalue weighted by Crippen LogP contribution is 2.65. The molecular formula is C71H45NS. The molecule has 2 aliphatic rings. The molecule has 1 nitrogen and oxygen atoms in total. The third-order valence-corrected chi connectivity index (χ3v) is 16.9. The van der Waals surface area contributed by atoms with Crippen LogP contribution in [-0.2, 0) is 5.41 Å². The first-order valence-corrected chi connectivity index (χ1v) is 26.0. The second-order valence-corrected chi connectivity index (χ2v) is 20.6. The zero-order valence-electron chi connectivity index (χ0n) is 39.8. The molecule has 0 saturated carbocycles. The van der Waals surface area contributed by atoms with Gasteiger partial charge in [-0.25, -0.2) is 0 Å². The Balaban J connectivity index is 0.793. The van der Waals surface area contributed by atoms with Crippen molar-refractivity contribution in [3.05, 3.63) is 295 Å². The summed E-state index contributed by atoms with van der Waals surface area (Å²) in [6.07, 6.45) is 0. The van der Waals surface area contributed by atoms with Crippen molar-refractivity contribution in [2.24, 2.45) is 0 Å². The van der Waals surface area contributed by atoms with Gasteiger partial charge < -0.3 is 4.90 Å². The Morgan fingerprint density at radius 1 is 0.288 bits per heavy atom. The van der Waals surface area contributed by atoms with Gasteiger partial charge in [-0.15, -0.1) is 11.3 Å². The largest absolute Gasteiger partial charge is 0.309 e. The normalized spacial score (nSPS) is 12.8.